The van der Waals surface area contributed by atoms with E-state index >= 15 is 0 Å². The Labute approximate surface area is 169 Å². The van der Waals surface area contributed by atoms with Crippen molar-refractivity contribution in [1.82, 2.24) is 9.97 Å². The Balaban J connectivity index is 3.15. The third kappa shape index (κ3) is 7.59. The van der Waals surface area contributed by atoms with Crippen LogP contribution in [0.15, 0.2) is 15.4 Å². The number of rotatable bonds is 13. The van der Waals surface area contributed by atoms with Crippen molar-refractivity contribution in [3.63, 3.8) is 0 Å². The molecule has 154 valence electrons. The fourth-order valence-corrected chi connectivity index (χ4v) is 3.57. The summed E-state index contributed by atoms with van der Waals surface area (Å²) in [7, 11) is 1.54. The summed E-state index contributed by atoms with van der Waals surface area (Å²) in [5, 5.41) is 37.0. The molecule has 0 radical (unpaired) electrons. The Morgan fingerprint density at radius 1 is 1.22 bits per heavy atom. The maximum absolute atomic E-state index is 9.91. The standard InChI is InChI=1S/C17H29ClN4O4S/c1-4-7-27-17-20-14(15(22-19-3)16(18)21-17)11(2)12(9-24)8-13(10-25)26-6-5-23/h11-13,23-25H,4-10H2,1-3H3. The van der Waals surface area contributed by atoms with E-state index in [0.717, 1.165) is 12.2 Å². The van der Waals surface area contributed by atoms with E-state index in [1.165, 1.54) is 11.8 Å². The van der Waals surface area contributed by atoms with Crippen LogP contribution in [0.25, 0.3) is 0 Å². The summed E-state index contributed by atoms with van der Waals surface area (Å²) in [6.07, 6.45) is 0.891. The first kappa shape index (κ1) is 24.2. The topological polar surface area (TPSA) is 120 Å². The molecule has 10 heteroatoms. The highest BCUT2D eigenvalue weighted by atomic mass is 35.5. The second kappa shape index (κ2) is 13.4. The smallest absolute Gasteiger partial charge is 0.189 e. The zero-order valence-electron chi connectivity index (χ0n) is 16.0. The van der Waals surface area contributed by atoms with Crippen LogP contribution in [0.2, 0.25) is 5.15 Å². The molecule has 3 unspecified atom stereocenters. The molecule has 3 atom stereocenters. The molecule has 3 N–H and O–H groups in total. The van der Waals surface area contributed by atoms with Crippen LogP contribution in [0.1, 0.15) is 38.3 Å². The Hall–Kier alpha value is -0.840. The maximum atomic E-state index is 9.91. The van der Waals surface area contributed by atoms with Gasteiger partial charge in [0.1, 0.15) is 5.69 Å². The predicted octanol–water partition coefficient (Wildman–Crippen LogP) is 2.82. The lowest BCUT2D eigenvalue weighted by Crippen LogP contribution is -2.27. The molecule has 0 bridgehead atoms. The minimum atomic E-state index is -0.487. The Kier molecular flexibility index (Phi) is 12.0. The van der Waals surface area contributed by atoms with Crippen molar-refractivity contribution in [2.24, 2.45) is 16.1 Å². The van der Waals surface area contributed by atoms with Gasteiger partial charge in [-0.15, -0.1) is 0 Å². The van der Waals surface area contributed by atoms with Crippen LogP contribution >= 0.6 is 23.4 Å². The van der Waals surface area contributed by atoms with Crippen molar-refractivity contribution >= 4 is 29.1 Å². The molecule has 0 fully saturated rings. The average Bonchev–Trinajstić information content (AvgIpc) is 2.68. The molecule has 1 rings (SSSR count). The zero-order valence-corrected chi connectivity index (χ0v) is 17.6. The molecule has 0 aromatic carbocycles. The SMILES string of the molecule is CCCSc1nc(Cl)c(N=NC)c(C(C)C(CO)CC(CO)OCCO)n1. The van der Waals surface area contributed by atoms with E-state index in [-0.39, 0.29) is 43.4 Å². The number of thioether (sulfide) groups is 1. The minimum absolute atomic E-state index is 0.123. The van der Waals surface area contributed by atoms with Gasteiger partial charge in [-0.25, -0.2) is 9.97 Å². The first-order valence-corrected chi connectivity index (χ1v) is 10.3. The predicted molar refractivity (Wildman–Crippen MR) is 106 cm³/mol. The van der Waals surface area contributed by atoms with Crippen LogP contribution in [0.4, 0.5) is 5.69 Å². The van der Waals surface area contributed by atoms with Gasteiger partial charge < -0.3 is 20.1 Å². The number of aliphatic hydroxyl groups is 3. The van der Waals surface area contributed by atoms with Gasteiger partial charge in [0.05, 0.1) is 31.6 Å². The van der Waals surface area contributed by atoms with Crippen molar-refractivity contribution in [3.8, 4) is 0 Å². The molecule has 0 spiro atoms. The molecule has 27 heavy (non-hydrogen) atoms. The highest BCUT2D eigenvalue weighted by Gasteiger charge is 2.28. The molecule has 1 heterocycles. The van der Waals surface area contributed by atoms with E-state index < -0.39 is 6.10 Å². The molecule has 0 aliphatic rings. The summed E-state index contributed by atoms with van der Waals surface area (Å²) < 4.78 is 5.42. The van der Waals surface area contributed by atoms with Crippen LogP contribution < -0.4 is 0 Å². The van der Waals surface area contributed by atoms with Gasteiger partial charge in [0, 0.05) is 25.3 Å². The molecule has 1 aromatic heterocycles. The van der Waals surface area contributed by atoms with Gasteiger partial charge in [-0.2, -0.15) is 10.2 Å². The molecule has 0 saturated carbocycles. The maximum Gasteiger partial charge on any atom is 0.189 e. The summed E-state index contributed by atoms with van der Waals surface area (Å²) in [6.45, 7) is 3.67. The molecule has 0 aliphatic carbocycles. The van der Waals surface area contributed by atoms with Gasteiger partial charge in [-0.3, -0.25) is 0 Å². The number of aromatic nitrogens is 2. The third-order valence-electron chi connectivity index (χ3n) is 4.07. The average molecular weight is 421 g/mol. The highest BCUT2D eigenvalue weighted by molar-refractivity contribution is 7.99. The first-order chi connectivity index (χ1) is 13.0. The van der Waals surface area contributed by atoms with Crippen LogP contribution in [0.5, 0.6) is 0 Å². The lowest BCUT2D eigenvalue weighted by atomic mass is 9.86. The fraction of sp³-hybridized carbons (Fsp3) is 0.765. The Bertz CT molecular complexity index is 594. The zero-order chi connectivity index (χ0) is 20.2. The van der Waals surface area contributed by atoms with Gasteiger partial charge in [0.25, 0.3) is 0 Å². The Morgan fingerprint density at radius 2 is 1.96 bits per heavy atom. The van der Waals surface area contributed by atoms with E-state index in [2.05, 4.69) is 27.1 Å². The van der Waals surface area contributed by atoms with E-state index in [1.807, 2.05) is 6.92 Å². The molecule has 0 saturated heterocycles. The number of ether oxygens (including phenoxy) is 1. The minimum Gasteiger partial charge on any atom is -0.396 e. The van der Waals surface area contributed by atoms with Crippen LogP contribution in [0, 0.1) is 5.92 Å². The molecular weight excluding hydrogens is 392 g/mol. The van der Waals surface area contributed by atoms with Gasteiger partial charge in [0.2, 0.25) is 0 Å². The molecule has 8 nitrogen and oxygen atoms in total. The molecule has 1 aromatic rings. The lowest BCUT2D eigenvalue weighted by Gasteiger charge is -2.26. The van der Waals surface area contributed by atoms with Crippen LogP contribution in [-0.4, -0.2) is 70.6 Å². The normalized spacial score (nSPS) is 15.2. The summed E-state index contributed by atoms with van der Waals surface area (Å²) in [6, 6.07) is 0. The second-order valence-corrected chi connectivity index (χ2v) is 7.47. The van der Waals surface area contributed by atoms with Crippen molar-refractivity contribution < 1.29 is 20.1 Å². The molecule has 0 aliphatic heterocycles. The van der Waals surface area contributed by atoms with E-state index in [0.29, 0.717) is 23.0 Å². The molecular formula is C17H29ClN4O4S. The summed E-state index contributed by atoms with van der Waals surface area (Å²) >= 11 is 7.82. The largest absolute Gasteiger partial charge is 0.396 e. The summed E-state index contributed by atoms with van der Waals surface area (Å²) in [4.78, 5) is 8.90. The first-order valence-electron chi connectivity index (χ1n) is 8.96. The van der Waals surface area contributed by atoms with Crippen molar-refractivity contribution in [1.29, 1.82) is 0 Å². The van der Waals surface area contributed by atoms with Crippen molar-refractivity contribution in [2.45, 2.75) is 43.9 Å². The molecule has 0 amide bonds. The number of hydrogen-bond donors (Lipinski definition) is 3. The van der Waals surface area contributed by atoms with Crippen LogP contribution in [-0.2, 0) is 4.74 Å². The lowest BCUT2D eigenvalue weighted by molar-refractivity contribution is -0.0220. The van der Waals surface area contributed by atoms with Crippen molar-refractivity contribution in [3.05, 3.63) is 10.8 Å². The van der Waals surface area contributed by atoms with Gasteiger partial charge in [0.15, 0.2) is 10.3 Å². The number of aliphatic hydroxyl groups excluding tert-OH is 3. The monoisotopic (exact) mass is 420 g/mol. The third-order valence-corrected chi connectivity index (χ3v) is 5.39. The number of halogens is 1. The number of azo groups is 1. The van der Waals surface area contributed by atoms with E-state index in [4.69, 9.17) is 21.4 Å². The van der Waals surface area contributed by atoms with Crippen LogP contribution in [0.3, 0.4) is 0 Å². The highest BCUT2D eigenvalue weighted by Crippen LogP contribution is 2.38. The Morgan fingerprint density at radius 3 is 2.52 bits per heavy atom. The van der Waals surface area contributed by atoms with Gasteiger partial charge in [-0.05, 0) is 18.8 Å². The number of hydrogen-bond acceptors (Lipinski definition) is 9. The second-order valence-electron chi connectivity index (χ2n) is 6.05. The quantitative estimate of drug-likeness (QED) is 0.194. The van der Waals surface area contributed by atoms with E-state index in [1.54, 1.807) is 7.05 Å². The fourth-order valence-electron chi connectivity index (χ4n) is 2.60. The van der Waals surface area contributed by atoms with Gasteiger partial charge in [-0.1, -0.05) is 37.2 Å². The van der Waals surface area contributed by atoms with Crippen molar-refractivity contribution in [2.75, 3.05) is 39.2 Å². The summed E-state index contributed by atoms with van der Waals surface area (Å²) in [5.74, 6) is 0.398. The number of nitrogens with zero attached hydrogens (tertiary/aromatic N) is 4. The van der Waals surface area contributed by atoms with Gasteiger partial charge >= 0.3 is 0 Å². The van der Waals surface area contributed by atoms with E-state index in [9.17, 15) is 10.2 Å². The summed E-state index contributed by atoms with van der Waals surface area (Å²) in [5.41, 5.74) is 1.000.